The van der Waals surface area contributed by atoms with E-state index in [1.54, 1.807) is 30.3 Å². The van der Waals surface area contributed by atoms with Crippen LogP contribution in [-0.4, -0.2) is 25.7 Å². The van der Waals surface area contributed by atoms with Gasteiger partial charge in [0.25, 0.3) is 0 Å². The highest BCUT2D eigenvalue weighted by Gasteiger charge is 2.26. The first-order valence-electron chi connectivity index (χ1n) is 10.2. The van der Waals surface area contributed by atoms with Crippen molar-refractivity contribution in [3.8, 4) is 11.5 Å². The van der Waals surface area contributed by atoms with Crippen LogP contribution >= 0.6 is 11.6 Å². The number of pyridine rings is 1. The van der Waals surface area contributed by atoms with Gasteiger partial charge < -0.3 is 19.4 Å². The van der Waals surface area contributed by atoms with E-state index in [0.717, 1.165) is 0 Å². The molecule has 1 aromatic heterocycles. The summed E-state index contributed by atoms with van der Waals surface area (Å²) >= 11 is 5.89. The van der Waals surface area contributed by atoms with Gasteiger partial charge in [0.05, 0.1) is 15.8 Å². The quantitative estimate of drug-likeness (QED) is 0.450. The van der Waals surface area contributed by atoms with Crippen LogP contribution < -0.4 is 20.2 Å². The molecule has 8 nitrogen and oxygen atoms in total. The van der Waals surface area contributed by atoms with Crippen molar-refractivity contribution >= 4 is 43.9 Å². The van der Waals surface area contributed by atoms with E-state index < -0.39 is 26.1 Å². The van der Waals surface area contributed by atoms with E-state index in [-0.39, 0.29) is 23.6 Å². The number of amides is 1. The smallest absolute Gasteiger partial charge is 0.244 e. The number of carbonyl (C=O) groups is 1. The van der Waals surface area contributed by atoms with Gasteiger partial charge in [0.1, 0.15) is 11.4 Å². The first kappa shape index (κ1) is 22.0. The lowest BCUT2D eigenvalue weighted by Crippen LogP contribution is -2.24. The van der Waals surface area contributed by atoms with Crippen LogP contribution in [0.3, 0.4) is 0 Å². The Morgan fingerprint density at radius 2 is 1.68 bits per heavy atom. The number of fused-ring (bicyclic) bond motifs is 2. The van der Waals surface area contributed by atoms with Crippen LogP contribution in [0, 0.1) is 0 Å². The fourth-order valence-corrected chi connectivity index (χ4v) is 5.19. The van der Waals surface area contributed by atoms with Crippen molar-refractivity contribution in [2.45, 2.75) is 16.3 Å². The Morgan fingerprint density at radius 1 is 1.00 bits per heavy atom. The van der Waals surface area contributed by atoms with E-state index in [2.05, 4.69) is 5.32 Å². The monoisotopic (exact) mass is 496 g/mol. The van der Waals surface area contributed by atoms with Gasteiger partial charge in [0.15, 0.2) is 11.5 Å². The normalized spacial score (nSPS) is 12.6. The molecule has 0 bridgehead atoms. The molecule has 172 valence electrons. The minimum atomic E-state index is -4.20. The second-order valence-corrected chi connectivity index (χ2v) is 9.90. The van der Waals surface area contributed by atoms with Gasteiger partial charge in [-0.15, -0.1) is 0 Å². The molecule has 1 aliphatic rings. The van der Waals surface area contributed by atoms with Crippen molar-refractivity contribution in [2.24, 2.45) is 0 Å². The summed E-state index contributed by atoms with van der Waals surface area (Å²) < 4.78 is 38.9. The predicted molar refractivity (Wildman–Crippen MR) is 126 cm³/mol. The van der Waals surface area contributed by atoms with E-state index in [0.29, 0.717) is 27.7 Å². The third-order valence-corrected chi connectivity index (χ3v) is 7.34. The fourth-order valence-electron chi connectivity index (χ4n) is 3.69. The average molecular weight is 497 g/mol. The molecule has 3 aromatic carbocycles. The highest BCUT2D eigenvalue weighted by atomic mass is 35.5. The van der Waals surface area contributed by atoms with Crippen molar-refractivity contribution < 1.29 is 22.7 Å². The molecule has 0 saturated heterocycles. The van der Waals surface area contributed by atoms with Crippen molar-refractivity contribution in [2.75, 3.05) is 12.1 Å². The van der Waals surface area contributed by atoms with E-state index in [9.17, 15) is 18.0 Å². The number of sulfone groups is 1. The van der Waals surface area contributed by atoms with Crippen LogP contribution in [0.1, 0.15) is 0 Å². The standard InChI is InChI=1S/C24H17ClN2O6S/c25-15-6-8-17(9-7-15)34(30,31)22-12-27(13-23(28)26-16-4-2-1-3-5-16)19-11-21-20(32-14-33-21)10-18(19)24(22)29/h1-12H,13-14H2,(H,26,28). The highest BCUT2D eigenvalue weighted by molar-refractivity contribution is 7.91. The molecule has 5 rings (SSSR count). The number of rotatable bonds is 5. The summed E-state index contributed by atoms with van der Waals surface area (Å²) in [5.74, 6) is 0.326. The summed E-state index contributed by atoms with van der Waals surface area (Å²) in [5.41, 5.74) is 0.222. The van der Waals surface area contributed by atoms with Gasteiger partial charge in [-0.3, -0.25) is 9.59 Å². The molecular weight excluding hydrogens is 480 g/mol. The Balaban J connectivity index is 1.66. The van der Waals surface area contributed by atoms with Crippen molar-refractivity contribution in [1.29, 1.82) is 0 Å². The maximum Gasteiger partial charge on any atom is 0.244 e. The Bertz CT molecular complexity index is 1580. The molecule has 0 saturated carbocycles. The predicted octanol–water partition coefficient (Wildman–Crippen LogP) is 3.86. The van der Waals surface area contributed by atoms with Crippen molar-refractivity contribution in [3.63, 3.8) is 0 Å². The summed E-state index contributed by atoms with van der Waals surface area (Å²) in [6.45, 7) is -0.265. The molecule has 10 heteroatoms. The average Bonchev–Trinajstić information content (AvgIpc) is 3.28. The third kappa shape index (κ3) is 4.00. The van der Waals surface area contributed by atoms with E-state index in [4.69, 9.17) is 21.1 Å². The number of halogens is 1. The van der Waals surface area contributed by atoms with Crippen LogP contribution in [0.25, 0.3) is 10.9 Å². The van der Waals surface area contributed by atoms with Crippen molar-refractivity contribution in [3.05, 3.63) is 88.2 Å². The zero-order valence-corrected chi connectivity index (χ0v) is 19.1. The molecule has 0 spiro atoms. The zero-order valence-electron chi connectivity index (χ0n) is 17.5. The molecule has 1 amide bonds. The summed E-state index contributed by atoms with van der Waals surface area (Å²) in [5, 5.41) is 3.21. The third-order valence-electron chi connectivity index (χ3n) is 5.33. The van der Waals surface area contributed by atoms with Crippen LogP contribution in [-0.2, 0) is 21.2 Å². The maximum atomic E-state index is 13.4. The van der Waals surface area contributed by atoms with Gasteiger partial charge >= 0.3 is 0 Å². The number of benzene rings is 3. The molecule has 1 N–H and O–H groups in total. The Labute approximate surface area is 199 Å². The molecule has 4 aromatic rings. The minimum Gasteiger partial charge on any atom is -0.454 e. The largest absolute Gasteiger partial charge is 0.454 e. The number of nitrogens with one attached hydrogen (secondary N) is 1. The number of ether oxygens (including phenoxy) is 2. The number of para-hydroxylation sites is 1. The van der Waals surface area contributed by atoms with E-state index in [1.807, 2.05) is 6.07 Å². The molecule has 1 aliphatic heterocycles. The van der Waals surface area contributed by atoms with Crippen LogP contribution in [0.5, 0.6) is 11.5 Å². The second-order valence-electron chi connectivity index (χ2n) is 7.54. The van der Waals surface area contributed by atoms with E-state index in [1.165, 1.54) is 41.1 Å². The van der Waals surface area contributed by atoms with Gasteiger partial charge in [-0.1, -0.05) is 29.8 Å². The molecule has 0 aliphatic carbocycles. The lowest BCUT2D eigenvalue weighted by atomic mass is 10.2. The number of hydrogen-bond acceptors (Lipinski definition) is 6. The number of aromatic nitrogens is 1. The van der Waals surface area contributed by atoms with Gasteiger partial charge in [0, 0.05) is 23.0 Å². The summed E-state index contributed by atoms with van der Waals surface area (Å²) in [7, 11) is -4.20. The van der Waals surface area contributed by atoms with Crippen LogP contribution in [0.4, 0.5) is 5.69 Å². The zero-order chi connectivity index (χ0) is 23.9. The number of nitrogens with zero attached hydrogens (tertiary/aromatic N) is 1. The molecule has 0 radical (unpaired) electrons. The fraction of sp³-hybridized carbons (Fsp3) is 0.0833. The molecule has 34 heavy (non-hydrogen) atoms. The van der Waals surface area contributed by atoms with Crippen LogP contribution in [0.2, 0.25) is 5.02 Å². The van der Waals surface area contributed by atoms with Gasteiger partial charge in [-0.05, 0) is 42.5 Å². The minimum absolute atomic E-state index is 0.0235. The summed E-state index contributed by atoms with van der Waals surface area (Å²) in [4.78, 5) is 25.6. The lowest BCUT2D eigenvalue weighted by molar-refractivity contribution is -0.116. The highest BCUT2D eigenvalue weighted by Crippen LogP contribution is 2.36. The molecule has 0 fully saturated rings. The summed E-state index contributed by atoms with van der Waals surface area (Å²) in [6.07, 6.45) is 1.18. The second kappa shape index (κ2) is 8.51. The Hall–Kier alpha value is -3.82. The van der Waals surface area contributed by atoms with E-state index >= 15 is 0 Å². The van der Waals surface area contributed by atoms with Crippen molar-refractivity contribution in [1.82, 2.24) is 4.57 Å². The molecule has 0 unspecified atom stereocenters. The molecule has 2 heterocycles. The lowest BCUT2D eigenvalue weighted by Gasteiger charge is -2.15. The van der Waals surface area contributed by atoms with Gasteiger partial charge in [-0.25, -0.2) is 8.42 Å². The number of hydrogen-bond donors (Lipinski definition) is 1. The van der Waals surface area contributed by atoms with Gasteiger partial charge in [-0.2, -0.15) is 0 Å². The van der Waals surface area contributed by atoms with Gasteiger partial charge in [0.2, 0.25) is 28.0 Å². The Morgan fingerprint density at radius 3 is 2.38 bits per heavy atom. The number of anilines is 1. The number of carbonyl (C=O) groups excluding carboxylic acids is 1. The topological polar surface area (TPSA) is 104 Å². The maximum absolute atomic E-state index is 13.4. The Kier molecular flexibility index (Phi) is 5.51. The summed E-state index contributed by atoms with van der Waals surface area (Å²) in [6, 6.07) is 17.4. The van der Waals surface area contributed by atoms with Crippen LogP contribution in [0.15, 0.2) is 87.5 Å². The first-order chi connectivity index (χ1) is 16.3. The first-order valence-corrected chi connectivity index (χ1v) is 12.0. The molecule has 0 atom stereocenters. The molecular formula is C24H17ClN2O6S. The SMILES string of the molecule is O=C(Cn1cc(S(=O)(=O)c2ccc(Cl)cc2)c(=O)c2cc3c(cc21)OCO3)Nc1ccccc1.